The van der Waals surface area contributed by atoms with Gasteiger partial charge in [-0.2, -0.15) is 0 Å². The van der Waals surface area contributed by atoms with Gasteiger partial charge in [0.1, 0.15) is 11.6 Å². The lowest BCUT2D eigenvalue weighted by Gasteiger charge is -2.14. The average Bonchev–Trinajstić information content (AvgIpc) is 2.24. The third-order valence-electron chi connectivity index (χ3n) is 2.46. The number of hydrogen-bond donors (Lipinski definition) is 2. The van der Waals surface area contributed by atoms with Crippen molar-refractivity contribution in [1.29, 1.82) is 0 Å². The maximum absolute atomic E-state index is 8.86. The topological polar surface area (TPSA) is 58.0 Å². The van der Waals surface area contributed by atoms with Crippen LogP contribution >= 0.6 is 0 Å². The van der Waals surface area contributed by atoms with Gasteiger partial charge < -0.3 is 10.4 Å². The minimum Gasteiger partial charge on any atom is -0.396 e. The van der Waals surface area contributed by atoms with E-state index in [1.54, 1.807) is 6.20 Å². The van der Waals surface area contributed by atoms with Gasteiger partial charge in [-0.05, 0) is 25.3 Å². The van der Waals surface area contributed by atoms with Crippen molar-refractivity contribution in [1.82, 2.24) is 9.97 Å². The van der Waals surface area contributed by atoms with Crippen molar-refractivity contribution in [2.24, 2.45) is 5.92 Å². The van der Waals surface area contributed by atoms with Crippen molar-refractivity contribution in [2.75, 3.05) is 18.5 Å². The van der Waals surface area contributed by atoms with E-state index in [2.05, 4.69) is 22.2 Å². The number of rotatable bonds is 6. The summed E-state index contributed by atoms with van der Waals surface area (Å²) in [5.74, 6) is 2.14. The van der Waals surface area contributed by atoms with Crippen LogP contribution in [0.4, 0.5) is 5.82 Å². The molecule has 1 aromatic heterocycles. The number of aliphatic hydroxyl groups excluding tert-OH is 1. The van der Waals surface area contributed by atoms with Crippen LogP contribution in [-0.2, 0) is 0 Å². The molecular formula is C11H19N3O. The van der Waals surface area contributed by atoms with Gasteiger partial charge in [0, 0.05) is 19.3 Å². The monoisotopic (exact) mass is 209 g/mol. The minimum atomic E-state index is 0.253. The molecule has 4 nitrogen and oxygen atoms in total. The Hall–Kier alpha value is -1.16. The van der Waals surface area contributed by atoms with E-state index in [1.807, 2.05) is 13.0 Å². The van der Waals surface area contributed by atoms with Crippen molar-refractivity contribution in [3.8, 4) is 0 Å². The van der Waals surface area contributed by atoms with Gasteiger partial charge in [-0.3, -0.25) is 0 Å². The number of aromatic nitrogens is 2. The first-order valence-corrected chi connectivity index (χ1v) is 5.40. The molecule has 1 rings (SSSR count). The molecule has 1 aromatic rings. The summed E-state index contributed by atoms with van der Waals surface area (Å²) < 4.78 is 0. The molecule has 0 fully saturated rings. The van der Waals surface area contributed by atoms with Gasteiger partial charge in [0.05, 0.1) is 0 Å². The summed E-state index contributed by atoms with van der Waals surface area (Å²) in [5.41, 5.74) is 0. The Balaban J connectivity index is 2.41. The zero-order valence-electron chi connectivity index (χ0n) is 9.40. The number of anilines is 1. The van der Waals surface area contributed by atoms with Gasteiger partial charge in [-0.1, -0.05) is 13.3 Å². The Bertz CT molecular complexity index is 291. The molecule has 2 N–H and O–H groups in total. The predicted molar refractivity (Wildman–Crippen MR) is 60.7 cm³/mol. The van der Waals surface area contributed by atoms with E-state index in [1.165, 1.54) is 0 Å². The Morgan fingerprint density at radius 3 is 2.93 bits per heavy atom. The lowest BCUT2D eigenvalue weighted by atomic mass is 10.0. The molecule has 0 bridgehead atoms. The first kappa shape index (κ1) is 11.9. The van der Waals surface area contributed by atoms with Crippen LogP contribution in [0.5, 0.6) is 0 Å². The Morgan fingerprint density at radius 2 is 2.33 bits per heavy atom. The second-order valence-corrected chi connectivity index (χ2v) is 3.66. The first-order chi connectivity index (χ1) is 7.26. The molecule has 0 aromatic carbocycles. The Labute approximate surface area is 90.8 Å². The number of nitrogens with one attached hydrogen (secondary N) is 1. The Morgan fingerprint density at radius 1 is 1.53 bits per heavy atom. The van der Waals surface area contributed by atoms with E-state index in [0.29, 0.717) is 5.92 Å². The highest BCUT2D eigenvalue weighted by atomic mass is 16.3. The standard InChI is InChI=1S/C11H19N3O/c1-3-10(5-7-15)8-13-11-4-6-12-9(2)14-11/h4,6,10,15H,3,5,7-8H2,1-2H3,(H,12,13,14). The van der Waals surface area contributed by atoms with Gasteiger partial charge in [0.25, 0.3) is 0 Å². The number of aliphatic hydroxyl groups is 1. The first-order valence-electron chi connectivity index (χ1n) is 5.40. The van der Waals surface area contributed by atoms with Crippen molar-refractivity contribution in [2.45, 2.75) is 26.7 Å². The molecule has 1 heterocycles. The molecule has 0 saturated carbocycles. The highest BCUT2D eigenvalue weighted by molar-refractivity contribution is 5.32. The van der Waals surface area contributed by atoms with Crippen LogP contribution in [0, 0.1) is 12.8 Å². The van der Waals surface area contributed by atoms with Crippen molar-refractivity contribution in [3.63, 3.8) is 0 Å². The maximum atomic E-state index is 8.86. The molecular weight excluding hydrogens is 190 g/mol. The molecule has 15 heavy (non-hydrogen) atoms. The summed E-state index contributed by atoms with van der Waals surface area (Å²) in [4.78, 5) is 8.29. The summed E-state index contributed by atoms with van der Waals surface area (Å²) in [7, 11) is 0. The molecule has 0 radical (unpaired) electrons. The fourth-order valence-electron chi connectivity index (χ4n) is 1.44. The van der Waals surface area contributed by atoms with E-state index < -0.39 is 0 Å². The number of nitrogens with zero attached hydrogens (tertiary/aromatic N) is 2. The fourth-order valence-corrected chi connectivity index (χ4v) is 1.44. The molecule has 4 heteroatoms. The van der Waals surface area contributed by atoms with E-state index >= 15 is 0 Å². The molecule has 1 unspecified atom stereocenters. The van der Waals surface area contributed by atoms with Crippen LogP contribution in [0.2, 0.25) is 0 Å². The quantitative estimate of drug-likeness (QED) is 0.747. The largest absolute Gasteiger partial charge is 0.396 e. The van der Waals surface area contributed by atoms with E-state index in [4.69, 9.17) is 5.11 Å². The molecule has 0 saturated heterocycles. The molecule has 1 atom stereocenters. The van der Waals surface area contributed by atoms with Gasteiger partial charge in [-0.15, -0.1) is 0 Å². The highest BCUT2D eigenvalue weighted by Crippen LogP contribution is 2.09. The van der Waals surface area contributed by atoms with Crippen LogP contribution in [0.1, 0.15) is 25.6 Å². The molecule has 0 aliphatic rings. The second-order valence-electron chi connectivity index (χ2n) is 3.66. The van der Waals surface area contributed by atoms with E-state index in [-0.39, 0.29) is 6.61 Å². The smallest absolute Gasteiger partial charge is 0.129 e. The predicted octanol–water partition coefficient (Wildman–Crippen LogP) is 1.61. The zero-order valence-corrected chi connectivity index (χ0v) is 9.40. The van der Waals surface area contributed by atoms with Crippen LogP contribution in [-0.4, -0.2) is 28.2 Å². The second kappa shape index (κ2) is 6.35. The molecule has 0 spiro atoms. The van der Waals surface area contributed by atoms with E-state index in [9.17, 15) is 0 Å². The number of hydrogen-bond acceptors (Lipinski definition) is 4. The summed E-state index contributed by atoms with van der Waals surface area (Å²) >= 11 is 0. The normalized spacial score (nSPS) is 12.5. The van der Waals surface area contributed by atoms with Crippen LogP contribution < -0.4 is 5.32 Å². The van der Waals surface area contributed by atoms with Crippen LogP contribution in [0.15, 0.2) is 12.3 Å². The molecule has 0 amide bonds. The molecule has 0 aliphatic heterocycles. The fraction of sp³-hybridized carbons (Fsp3) is 0.636. The summed E-state index contributed by atoms with van der Waals surface area (Å²) in [6, 6.07) is 1.86. The SMILES string of the molecule is CCC(CCO)CNc1ccnc(C)n1. The van der Waals surface area contributed by atoms with E-state index in [0.717, 1.165) is 31.0 Å². The summed E-state index contributed by atoms with van der Waals surface area (Å²) in [5, 5.41) is 12.1. The van der Waals surface area contributed by atoms with Gasteiger partial charge in [-0.25, -0.2) is 9.97 Å². The lowest BCUT2D eigenvalue weighted by Crippen LogP contribution is -2.15. The third kappa shape index (κ3) is 4.25. The highest BCUT2D eigenvalue weighted by Gasteiger charge is 2.05. The third-order valence-corrected chi connectivity index (χ3v) is 2.46. The Kier molecular flexibility index (Phi) is 5.04. The van der Waals surface area contributed by atoms with Gasteiger partial charge >= 0.3 is 0 Å². The minimum absolute atomic E-state index is 0.253. The van der Waals surface area contributed by atoms with Crippen LogP contribution in [0.3, 0.4) is 0 Å². The molecule has 84 valence electrons. The van der Waals surface area contributed by atoms with Crippen molar-refractivity contribution in [3.05, 3.63) is 18.1 Å². The molecule has 0 aliphatic carbocycles. The van der Waals surface area contributed by atoms with Crippen molar-refractivity contribution < 1.29 is 5.11 Å². The zero-order chi connectivity index (χ0) is 11.1. The maximum Gasteiger partial charge on any atom is 0.129 e. The average molecular weight is 209 g/mol. The van der Waals surface area contributed by atoms with Crippen molar-refractivity contribution >= 4 is 5.82 Å². The summed E-state index contributed by atoms with van der Waals surface area (Å²) in [6.45, 7) is 5.11. The summed E-state index contributed by atoms with van der Waals surface area (Å²) in [6.07, 6.45) is 3.66. The number of aryl methyl sites for hydroxylation is 1. The van der Waals surface area contributed by atoms with Gasteiger partial charge in [0.15, 0.2) is 0 Å². The van der Waals surface area contributed by atoms with Crippen LogP contribution in [0.25, 0.3) is 0 Å². The lowest BCUT2D eigenvalue weighted by molar-refractivity contribution is 0.258. The van der Waals surface area contributed by atoms with Gasteiger partial charge in [0.2, 0.25) is 0 Å².